The topological polar surface area (TPSA) is 55.4 Å². The van der Waals surface area contributed by atoms with E-state index in [4.69, 9.17) is 27.1 Å². The van der Waals surface area contributed by atoms with Crippen molar-refractivity contribution >= 4 is 38.7 Å². The fraction of sp³-hybridized carbons (Fsp3) is 0.0833. The van der Waals surface area contributed by atoms with E-state index in [1.807, 2.05) is 161 Å². The fourth-order valence-corrected chi connectivity index (χ4v) is 8.21. The Hall–Kier alpha value is -6.06. The van der Waals surface area contributed by atoms with Gasteiger partial charge in [-0.1, -0.05) is 131 Å². The highest BCUT2D eigenvalue weighted by Crippen LogP contribution is 2.53. The van der Waals surface area contributed by atoms with Crippen LogP contribution in [0.3, 0.4) is 0 Å². The van der Waals surface area contributed by atoms with Crippen molar-refractivity contribution < 1.29 is 27.1 Å². The molecule has 0 atom stereocenters. The highest BCUT2D eigenvalue weighted by molar-refractivity contribution is 7.43. The quantitative estimate of drug-likeness (QED) is 0.109. The predicted molar refractivity (Wildman–Crippen MR) is 229 cm³/mol. The number of hydrogen-bond donors (Lipinski definition) is 0. The molecule has 0 radical (unpaired) electrons. The third-order valence-corrected chi connectivity index (χ3v) is 11.3. The summed E-state index contributed by atoms with van der Waals surface area (Å²) in [5.74, 6) is 3.68. The van der Waals surface area contributed by atoms with Gasteiger partial charge in [0.1, 0.15) is 34.5 Å². The summed E-state index contributed by atoms with van der Waals surface area (Å²) in [6, 6.07) is 56.0. The van der Waals surface area contributed by atoms with Crippen LogP contribution in [0.25, 0.3) is 32.7 Å². The van der Waals surface area contributed by atoms with Gasteiger partial charge in [-0.15, -0.1) is 0 Å². The maximum absolute atomic E-state index is 6.91. The van der Waals surface area contributed by atoms with E-state index in [9.17, 15) is 0 Å². The number of hydrogen-bond acceptors (Lipinski definition) is 6. The van der Waals surface area contributed by atoms with Crippen LogP contribution in [0.4, 0.5) is 0 Å². The van der Waals surface area contributed by atoms with Crippen molar-refractivity contribution in [2.24, 2.45) is 0 Å². The first-order chi connectivity index (χ1) is 27.3. The summed E-state index contributed by atoms with van der Waals surface area (Å²) < 4.78 is 39.8. The molecule has 0 amide bonds. The minimum absolute atomic E-state index is 0.568. The van der Waals surface area contributed by atoms with Crippen molar-refractivity contribution in [3.8, 4) is 45.6 Å². The zero-order valence-corrected chi connectivity index (χ0v) is 33.3. The largest absolute Gasteiger partial charge is 0.530 e. The van der Waals surface area contributed by atoms with Crippen molar-refractivity contribution in [1.82, 2.24) is 0 Å². The Morgan fingerprint density at radius 2 is 0.571 bits per heavy atom. The fourth-order valence-electron chi connectivity index (χ4n) is 6.18. The summed E-state index contributed by atoms with van der Waals surface area (Å²) in [4.78, 5) is 0. The molecule has 0 N–H and O–H groups in total. The highest BCUT2D eigenvalue weighted by Gasteiger charge is 2.28. The second-order valence-corrected chi connectivity index (χ2v) is 15.6. The molecule has 56 heavy (non-hydrogen) atoms. The first kappa shape index (κ1) is 36.9. The molecular formula is C48H40O6P2. The van der Waals surface area contributed by atoms with E-state index in [2.05, 4.69) is 36.4 Å². The molecule has 0 heterocycles. The highest BCUT2D eigenvalue weighted by atomic mass is 31.2. The minimum atomic E-state index is -2.00. The standard InChI is InChI=1S/C48H40O6P2/c1-33-13-23-39(24-14-33)49-55(50-40-25-15-34(2)16-26-40)53-45-31-21-37-9-5-7-11-43(37)47(45)48-44-12-8-6-10-38(44)22-32-46(48)54-56(51-41-27-17-35(3)18-28-41)52-42-29-19-36(4)20-30-42/h5-32H,1-4H3. The number of fused-ring (bicyclic) bond motifs is 2. The van der Waals surface area contributed by atoms with E-state index >= 15 is 0 Å². The smallest absolute Gasteiger partial charge is 0.409 e. The van der Waals surface area contributed by atoms with Crippen LogP contribution in [0.15, 0.2) is 170 Å². The van der Waals surface area contributed by atoms with E-state index in [0.717, 1.165) is 54.9 Å². The van der Waals surface area contributed by atoms with Crippen molar-refractivity contribution in [3.63, 3.8) is 0 Å². The number of benzene rings is 8. The van der Waals surface area contributed by atoms with E-state index in [0.29, 0.717) is 34.5 Å². The molecular weight excluding hydrogens is 734 g/mol. The lowest BCUT2D eigenvalue weighted by molar-refractivity contribution is 0.386. The summed E-state index contributed by atoms with van der Waals surface area (Å²) in [6.07, 6.45) is 0. The van der Waals surface area contributed by atoms with Crippen LogP contribution >= 0.6 is 17.2 Å². The van der Waals surface area contributed by atoms with Crippen LogP contribution in [0, 0.1) is 27.7 Å². The molecule has 0 aliphatic heterocycles. The van der Waals surface area contributed by atoms with Gasteiger partial charge in [0.05, 0.1) is 0 Å². The monoisotopic (exact) mass is 774 g/mol. The van der Waals surface area contributed by atoms with Crippen molar-refractivity contribution in [1.29, 1.82) is 0 Å². The first-order valence-electron chi connectivity index (χ1n) is 18.3. The molecule has 8 heteroatoms. The Morgan fingerprint density at radius 1 is 0.286 bits per heavy atom. The molecule has 0 spiro atoms. The van der Waals surface area contributed by atoms with Gasteiger partial charge in [-0.25, -0.2) is 0 Å². The van der Waals surface area contributed by atoms with Crippen LogP contribution in [-0.4, -0.2) is 0 Å². The van der Waals surface area contributed by atoms with Crippen molar-refractivity contribution in [3.05, 3.63) is 192 Å². The molecule has 8 aromatic rings. The third kappa shape index (κ3) is 8.74. The lowest BCUT2D eigenvalue weighted by atomic mass is 9.92. The Labute approximate surface area is 330 Å². The minimum Gasteiger partial charge on any atom is -0.409 e. The molecule has 278 valence electrons. The zero-order valence-electron chi connectivity index (χ0n) is 31.5. The molecule has 6 nitrogen and oxygen atoms in total. The summed E-state index contributed by atoms with van der Waals surface area (Å²) >= 11 is 0. The molecule has 0 saturated heterocycles. The average Bonchev–Trinajstić information content (AvgIpc) is 3.21. The third-order valence-electron chi connectivity index (χ3n) is 9.18. The maximum Gasteiger partial charge on any atom is 0.530 e. The Bertz CT molecular complexity index is 2300. The van der Waals surface area contributed by atoms with E-state index in [-0.39, 0.29) is 0 Å². The second-order valence-electron chi connectivity index (χ2n) is 13.6. The van der Waals surface area contributed by atoms with Gasteiger partial charge in [0, 0.05) is 11.1 Å². The van der Waals surface area contributed by atoms with Gasteiger partial charge in [-0.05, 0) is 110 Å². The lowest BCUT2D eigenvalue weighted by Gasteiger charge is -2.24. The van der Waals surface area contributed by atoms with Crippen LogP contribution in [0.5, 0.6) is 34.5 Å². The average molecular weight is 775 g/mol. The molecule has 8 aromatic carbocycles. The van der Waals surface area contributed by atoms with E-state index < -0.39 is 17.2 Å². The molecule has 0 saturated carbocycles. The molecule has 0 aromatic heterocycles. The molecule has 0 unspecified atom stereocenters. The predicted octanol–water partition coefficient (Wildman–Crippen LogP) is 14.4. The molecule has 0 fully saturated rings. The summed E-state index contributed by atoms with van der Waals surface area (Å²) in [5, 5.41) is 4.00. The normalized spacial score (nSPS) is 11.2. The Morgan fingerprint density at radius 3 is 0.875 bits per heavy atom. The number of aryl methyl sites for hydroxylation is 4. The van der Waals surface area contributed by atoms with Crippen molar-refractivity contribution in [2.45, 2.75) is 27.7 Å². The van der Waals surface area contributed by atoms with Gasteiger partial charge in [0.15, 0.2) is 0 Å². The molecule has 8 rings (SSSR count). The van der Waals surface area contributed by atoms with Crippen LogP contribution in [-0.2, 0) is 0 Å². The summed E-state index contributed by atoms with van der Waals surface area (Å²) in [5.41, 5.74) is 6.14. The summed E-state index contributed by atoms with van der Waals surface area (Å²) in [6.45, 7) is 8.17. The molecule has 0 bridgehead atoms. The second kappa shape index (κ2) is 16.8. The molecule has 0 aliphatic carbocycles. The van der Waals surface area contributed by atoms with Crippen LogP contribution < -0.4 is 27.1 Å². The lowest BCUT2D eigenvalue weighted by Crippen LogP contribution is -2.05. The van der Waals surface area contributed by atoms with E-state index in [1.54, 1.807) is 0 Å². The zero-order chi connectivity index (χ0) is 38.4. The van der Waals surface area contributed by atoms with E-state index in [1.165, 1.54) is 0 Å². The van der Waals surface area contributed by atoms with Gasteiger partial charge in [0.2, 0.25) is 0 Å². The van der Waals surface area contributed by atoms with Gasteiger partial charge >= 0.3 is 17.2 Å². The van der Waals surface area contributed by atoms with Crippen LogP contribution in [0.1, 0.15) is 22.3 Å². The Balaban J connectivity index is 1.26. The van der Waals surface area contributed by atoms with Crippen molar-refractivity contribution in [2.75, 3.05) is 0 Å². The maximum atomic E-state index is 6.91. The Kier molecular flexibility index (Phi) is 11.0. The number of rotatable bonds is 13. The SMILES string of the molecule is Cc1ccc(OP(Oc2ccc(C)cc2)Oc2ccc3ccccc3c2-c2c(OP(Oc3ccc(C)cc3)Oc3ccc(C)cc3)ccc3ccccc23)cc1. The van der Waals surface area contributed by atoms with Gasteiger partial charge in [0.25, 0.3) is 0 Å². The van der Waals surface area contributed by atoms with Crippen LogP contribution in [0.2, 0.25) is 0 Å². The molecule has 0 aliphatic rings. The first-order valence-corrected chi connectivity index (χ1v) is 20.5. The summed E-state index contributed by atoms with van der Waals surface area (Å²) in [7, 11) is -4.00. The van der Waals surface area contributed by atoms with Gasteiger partial charge in [-0.2, -0.15) is 0 Å². The van der Waals surface area contributed by atoms with Gasteiger partial charge in [-0.3, -0.25) is 0 Å². The van der Waals surface area contributed by atoms with Gasteiger partial charge < -0.3 is 27.1 Å².